The minimum absolute atomic E-state index is 0.119. The van der Waals surface area contributed by atoms with Gasteiger partial charge in [0.2, 0.25) is 11.8 Å². The smallest absolute Gasteiger partial charge is 0.245 e. The largest absolute Gasteiger partial charge is 0.473 e. The highest BCUT2D eigenvalue weighted by Gasteiger charge is 2.22. The molecule has 1 saturated carbocycles. The Morgan fingerprint density at radius 2 is 1.88 bits per heavy atom. The highest BCUT2D eigenvalue weighted by molar-refractivity contribution is 7.10. The molecule has 0 atom stereocenters. The summed E-state index contributed by atoms with van der Waals surface area (Å²) in [5.74, 6) is 1.03. The zero-order valence-electron chi connectivity index (χ0n) is 14.9. The second kappa shape index (κ2) is 7.13. The van der Waals surface area contributed by atoms with Gasteiger partial charge in [0, 0.05) is 11.7 Å². The summed E-state index contributed by atoms with van der Waals surface area (Å²) in [4.78, 5) is 13.8. The number of anilines is 2. The number of fused-ring (bicyclic) bond motifs is 1. The molecule has 0 spiro atoms. The van der Waals surface area contributed by atoms with Crippen LogP contribution >= 0.6 is 11.5 Å². The average molecular weight is 370 g/mol. The van der Waals surface area contributed by atoms with Gasteiger partial charge in [-0.25, -0.2) is 9.97 Å². The summed E-state index contributed by atoms with van der Waals surface area (Å²) in [7, 11) is 0. The number of rotatable bonds is 4. The molecular weight excluding hydrogens is 348 g/mol. The van der Waals surface area contributed by atoms with Gasteiger partial charge in [0.15, 0.2) is 5.52 Å². The van der Waals surface area contributed by atoms with Gasteiger partial charge in [0.25, 0.3) is 0 Å². The van der Waals surface area contributed by atoms with Crippen LogP contribution in [0.25, 0.3) is 11.0 Å². The standard InChI is InChI=1S/C18H22N6OS/c1-10-3-8-14-16(20-10)17(25-13-6-4-12(19)5-7-13)23-18(21-14)22-15-9-11(2)24-26-15/h3,8-9,12-13H,4-7,19H2,1-2H3,(H,21,22,23)/t12-,13-. The zero-order chi connectivity index (χ0) is 18.1. The Kier molecular flexibility index (Phi) is 4.69. The first-order chi connectivity index (χ1) is 12.6. The Bertz CT molecular complexity index is 919. The molecule has 0 amide bonds. The van der Waals surface area contributed by atoms with Crippen LogP contribution in [0.3, 0.4) is 0 Å². The van der Waals surface area contributed by atoms with E-state index in [9.17, 15) is 0 Å². The molecule has 26 heavy (non-hydrogen) atoms. The summed E-state index contributed by atoms with van der Waals surface area (Å²) in [6, 6.07) is 6.14. The van der Waals surface area contributed by atoms with E-state index < -0.39 is 0 Å². The predicted molar refractivity (Wildman–Crippen MR) is 103 cm³/mol. The minimum atomic E-state index is 0.119. The average Bonchev–Trinajstić information content (AvgIpc) is 3.02. The number of hydrogen-bond donors (Lipinski definition) is 2. The molecule has 0 bridgehead atoms. The SMILES string of the molecule is Cc1cc(Nc2nc(O[C@H]3CC[C@H](N)CC3)c3nc(C)ccc3n2)sn1. The van der Waals surface area contributed by atoms with Crippen molar-refractivity contribution in [2.75, 3.05) is 5.32 Å². The second-order valence-corrected chi connectivity index (χ2v) is 7.59. The van der Waals surface area contributed by atoms with Gasteiger partial charge in [0.1, 0.15) is 11.1 Å². The van der Waals surface area contributed by atoms with Gasteiger partial charge in [0.05, 0.1) is 11.2 Å². The van der Waals surface area contributed by atoms with Crippen molar-refractivity contribution in [2.24, 2.45) is 5.73 Å². The molecule has 0 aromatic carbocycles. The first-order valence-electron chi connectivity index (χ1n) is 8.85. The van der Waals surface area contributed by atoms with E-state index in [2.05, 4.69) is 24.6 Å². The van der Waals surface area contributed by atoms with Gasteiger partial charge >= 0.3 is 0 Å². The Labute approximate surface area is 156 Å². The first-order valence-corrected chi connectivity index (χ1v) is 9.62. The minimum Gasteiger partial charge on any atom is -0.473 e. The first kappa shape index (κ1) is 17.1. The van der Waals surface area contributed by atoms with E-state index in [1.165, 1.54) is 11.5 Å². The molecule has 4 rings (SSSR count). The van der Waals surface area contributed by atoms with Gasteiger partial charge in [-0.2, -0.15) is 9.36 Å². The van der Waals surface area contributed by atoms with E-state index >= 15 is 0 Å². The van der Waals surface area contributed by atoms with E-state index in [4.69, 9.17) is 10.5 Å². The quantitative estimate of drug-likeness (QED) is 0.725. The van der Waals surface area contributed by atoms with Crippen molar-refractivity contribution < 1.29 is 4.74 Å². The van der Waals surface area contributed by atoms with Crippen molar-refractivity contribution >= 4 is 33.5 Å². The third-order valence-corrected chi connectivity index (χ3v) is 5.31. The number of aryl methyl sites for hydroxylation is 2. The molecular formula is C18H22N6OS. The summed E-state index contributed by atoms with van der Waals surface area (Å²) in [6.45, 7) is 3.91. The Morgan fingerprint density at radius 1 is 1.08 bits per heavy atom. The number of pyridine rings is 1. The number of nitrogens with one attached hydrogen (secondary N) is 1. The van der Waals surface area contributed by atoms with Crippen LogP contribution in [0.1, 0.15) is 37.1 Å². The molecule has 136 valence electrons. The van der Waals surface area contributed by atoms with Gasteiger partial charge in [-0.15, -0.1) is 0 Å². The summed E-state index contributed by atoms with van der Waals surface area (Å²) < 4.78 is 10.5. The molecule has 1 aliphatic rings. The van der Waals surface area contributed by atoms with Gasteiger partial charge in [-0.3, -0.25) is 0 Å². The lowest BCUT2D eigenvalue weighted by Gasteiger charge is -2.26. The maximum absolute atomic E-state index is 6.23. The third-order valence-electron chi connectivity index (χ3n) is 4.51. The highest BCUT2D eigenvalue weighted by atomic mass is 32.1. The fourth-order valence-electron chi connectivity index (χ4n) is 3.12. The number of aromatic nitrogens is 4. The number of nitrogens with zero attached hydrogens (tertiary/aromatic N) is 4. The normalized spacial score (nSPS) is 20.3. The lowest BCUT2D eigenvalue weighted by atomic mass is 9.94. The molecule has 3 aromatic rings. The van der Waals surface area contributed by atoms with Gasteiger partial charge in [-0.05, 0) is 69.3 Å². The second-order valence-electron chi connectivity index (χ2n) is 6.78. The summed E-state index contributed by atoms with van der Waals surface area (Å²) in [6.07, 6.45) is 3.95. The Morgan fingerprint density at radius 3 is 2.62 bits per heavy atom. The monoisotopic (exact) mass is 370 g/mol. The number of ether oxygens (including phenoxy) is 1. The van der Waals surface area contributed by atoms with Crippen LogP contribution in [0.2, 0.25) is 0 Å². The predicted octanol–water partition coefficient (Wildman–Crippen LogP) is 3.49. The summed E-state index contributed by atoms with van der Waals surface area (Å²) in [5, 5.41) is 4.12. The van der Waals surface area contributed by atoms with Crippen molar-refractivity contribution in [1.29, 1.82) is 0 Å². The molecule has 3 N–H and O–H groups in total. The molecule has 0 aliphatic heterocycles. The third kappa shape index (κ3) is 3.76. The van der Waals surface area contributed by atoms with Crippen molar-refractivity contribution in [1.82, 2.24) is 19.3 Å². The van der Waals surface area contributed by atoms with E-state index in [0.29, 0.717) is 17.3 Å². The van der Waals surface area contributed by atoms with Crippen LogP contribution in [0.15, 0.2) is 18.2 Å². The Hall–Kier alpha value is -2.32. The fourth-order valence-corrected chi connectivity index (χ4v) is 3.78. The number of nitrogens with two attached hydrogens (primary N) is 1. The molecule has 3 aromatic heterocycles. The van der Waals surface area contributed by atoms with Gasteiger partial charge < -0.3 is 15.8 Å². The van der Waals surface area contributed by atoms with Crippen molar-refractivity contribution in [2.45, 2.75) is 51.7 Å². The summed E-state index contributed by atoms with van der Waals surface area (Å²) >= 11 is 1.38. The molecule has 7 nitrogen and oxygen atoms in total. The van der Waals surface area contributed by atoms with E-state index in [-0.39, 0.29) is 12.1 Å². The van der Waals surface area contributed by atoms with Crippen LogP contribution in [0, 0.1) is 13.8 Å². The maximum atomic E-state index is 6.23. The molecule has 0 saturated heterocycles. The summed E-state index contributed by atoms with van der Waals surface area (Å²) in [5.41, 5.74) is 9.34. The molecule has 3 heterocycles. The van der Waals surface area contributed by atoms with Crippen molar-refractivity contribution in [3.05, 3.63) is 29.6 Å². The van der Waals surface area contributed by atoms with E-state index in [1.807, 2.05) is 32.0 Å². The molecule has 0 radical (unpaired) electrons. The molecule has 1 aliphatic carbocycles. The lowest BCUT2D eigenvalue weighted by Crippen LogP contribution is -2.32. The van der Waals surface area contributed by atoms with Crippen LogP contribution in [0.5, 0.6) is 5.88 Å². The fraction of sp³-hybridized carbons (Fsp3) is 0.444. The van der Waals surface area contributed by atoms with Crippen LogP contribution in [-0.4, -0.2) is 31.5 Å². The molecule has 0 unspecified atom stereocenters. The maximum Gasteiger partial charge on any atom is 0.245 e. The zero-order valence-corrected chi connectivity index (χ0v) is 15.7. The number of hydrogen-bond acceptors (Lipinski definition) is 8. The Balaban J connectivity index is 1.67. The van der Waals surface area contributed by atoms with Gasteiger partial charge in [-0.1, -0.05) is 0 Å². The lowest BCUT2D eigenvalue weighted by molar-refractivity contribution is 0.143. The molecule has 8 heteroatoms. The van der Waals surface area contributed by atoms with Crippen molar-refractivity contribution in [3.63, 3.8) is 0 Å². The van der Waals surface area contributed by atoms with E-state index in [0.717, 1.165) is 47.6 Å². The van der Waals surface area contributed by atoms with Crippen LogP contribution in [0.4, 0.5) is 10.9 Å². The topological polar surface area (TPSA) is 98.8 Å². The highest BCUT2D eigenvalue weighted by Crippen LogP contribution is 2.29. The van der Waals surface area contributed by atoms with Crippen LogP contribution < -0.4 is 15.8 Å². The van der Waals surface area contributed by atoms with Crippen LogP contribution in [-0.2, 0) is 0 Å². The van der Waals surface area contributed by atoms with E-state index in [1.54, 1.807) is 0 Å². The molecule has 1 fully saturated rings. The van der Waals surface area contributed by atoms with Crippen molar-refractivity contribution in [3.8, 4) is 5.88 Å².